The summed E-state index contributed by atoms with van der Waals surface area (Å²) in [6, 6.07) is 16.6. The van der Waals surface area contributed by atoms with Crippen LogP contribution in [-0.4, -0.2) is 61.7 Å². The fraction of sp³-hybridized carbons (Fsp3) is 0.375. The molecule has 0 spiro atoms. The highest BCUT2D eigenvalue weighted by Gasteiger charge is 2.41. The first-order chi connectivity index (χ1) is 19.7. The Kier molecular flexibility index (Phi) is 10.1. The normalized spacial score (nSPS) is 14.5. The minimum absolute atomic E-state index is 0.128. The lowest BCUT2D eigenvalue weighted by atomic mass is 9.72. The number of ketones is 1. The Morgan fingerprint density at radius 2 is 1.51 bits per heavy atom. The number of likely N-dealkylation sites (tertiary alicyclic amines) is 1. The molecule has 1 heterocycles. The lowest BCUT2D eigenvalue weighted by Crippen LogP contribution is -2.44. The van der Waals surface area contributed by atoms with Crippen LogP contribution in [-0.2, 0) is 15.1 Å². The molecule has 1 saturated heterocycles. The van der Waals surface area contributed by atoms with Crippen LogP contribution in [0.1, 0.15) is 47.7 Å². The van der Waals surface area contributed by atoms with E-state index in [1.165, 1.54) is 38.3 Å². The highest BCUT2D eigenvalue weighted by Crippen LogP contribution is 2.42. The molecule has 0 aliphatic carbocycles. The molecular weight excluding hydrogens is 532 g/mol. The Balaban J connectivity index is 1.31. The van der Waals surface area contributed by atoms with Crippen LogP contribution < -0.4 is 9.47 Å². The zero-order chi connectivity index (χ0) is 29.4. The number of methoxy groups -OCH3 is 1. The number of hydrogen-bond donors (Lipinski definition) is 1. The number of aliphatic hydroxyl groups is 1. The van der Waals surface area contributed by atoms with Crippen LogP contribution in [0, 0.1) is 17.6 Å². The molecule has 218 valence electrons. The van der Waals surface area contributed by atoms with Gasteiger partial charge in [-0.1, -0.05) is 24.3 Å². The van der Waals surface area contributed by atoms with Crippen molar-refractivity contribution in [3.05, 3.63) is 95.1 Å². The second-order valence-electron chi connectivity index (χ2n) is 10.2. The number of hydrogen-bond acceptors (Lipinski definition) is 7. The number of rotatable bonds is 12. The fourth-order valence-corrected chi connectivity index (χ4v) is 5.30. The number of nitrogens with zero attached hydrogens (tertiary/aromatic N) is 1. The van der Waals surface area contributed by atoms with Gasteiger partial charge in [0.15, 0.2) is 23.9 Å². The van der Waals surface area contributed by atoms with Crippen LogP contribution >= 0.6 is 0 Å². The molecule has 0 saturated carbocycles. The molecule has 0 aromatic heterocycles. The van der Waals surface area contributed by atoms with E-state index in [-0.39, 0.29) is 29.9 Å². The third-order valence-corrected chi connectivity index (χ3v) is 7.52. The van der Waals surface area contributed by atoms with Crippen LogP contribution in [0.2, 0.25) is 0 Å². The monoisotopic (exact) mass is 567 g/mol. The fourth-order valence-electron chi connectivity index (χ4n) is 5.30. The average Bonchev–Trinajstić information content (AvgIpc) is 2.98. The van der Waals surface area contributed by atoms with Crippen molar-refractivity contribution < 1.29 is 37.7 Å². The van der Waals surface area contributed by atoms with E-state index in [0.29, 0.717) is 47.6 Å². The summed E-state index contributed by atoms with van der Waals surface area (Å²) in [5.74, 6) is -0.816. The van der Waals surface area contributed by atoms with Gasteiger partial charge < -0.3 is 24.2 Å². The smallest absolute Gasteiger partial charge is 0.303 e. The number of ether oxygens (including phenoxy) is 3. The molecular formula is C32H35F2NO6. The molecule has 1 N–H and O–H groups in total. The minimum Gasteiger partial charge on any atom is -0.493 e. The zero-order valence-corrected chi connectivity index (χ0v) is 23.3. The Morgan fingerprint density at radius 3 is 2.05 bits per heavy atom. The molecule has 0 unspecified atom stereocenters. The molecule has 1 fully saturated rings. The maximum atomic E-state index is 13.6. The van der Waals surface area contributed by atoms with Crippen molar-refractivity contribution in [3.63, 3.8) is 0 Å². The number of halogens is 2. The quantitative estimate of drug-likeness (QED) is 0.184. The van der Waals surface area contributed by atoms with Crippen LogP contribution in [0.3, 0.4) is 0 Å². The molecule has 41 heavy (non-hydrogen) atoms. The van der Waals surface area contributed by atoms with E-state index in [4.69, 9.17) is 14.2 Å². The molecule has 0 radical (unpaired) electrons. The summed E-state index contributed by atoms with van der Waals surface area (Å²) in [7, 11) is 1.49. The maximum Gasteiger partial charge on any atom is 0.303 e. The van der Waals surface area contributed by atoms with Gasteiger partial charge in [-0.3, -0.25) is 9.59 Å². The number of carbonyl (C=O) groups excluding carboxylic acids is 2. The summed E-state index contributed by atoms with van der Waals surface area (Å²) in [4.78, 5) is 25.5. The van der Waals surface area contributed by atoms with Crippen LogP contribution in [0.25, 0.3) is 0 Å². The summed E-state index contributed by atoms with van der Waals surface area (Å²) < 4.78 is 43.3. The lowest BCUT2D eigenvalue weighted by molar-refractivity contribution is -0.139. The van der Waals surface area contributed by atoms with E-state index in [1.807, 2.05) is 0 Å². The number of benzene rings is 3. The van der Waals surface area contributed by atoms with Gasteiger partial charge in [-0.15, -0.1) is 0 Å². The molecule has 4 rings (SSSR count). The first-order valence-electron chi connectivity index (χ1n) is 13.6. The number of piperidine rings is 1. The van der Waals surface area contributed by atoms with Crippen molar-refractivity contribution in [1.82, 2.24) is 4.90 Å². The summed E-state index contributed by atoms with van der Waals surface area (Å²) >= 11 is 0. The van der Waals surface area contributed by atoms with Crippen molar-refractivity contribution in [1.29, 1.82) is 0 Å². The van der Waals surface area contributed by atoms with Crippen molar-refractivity contribution in [2.75, 3.05) is 40.0 Å². The van der Waals surface area contributed by atoms with Crippen molar-refractivity contribution >= 4 is 11.8 Å². The third kappa shape index (κ3) is 7.48. The predicted octanol–water partition coefficient (Wildman–Crippen LogP) is 5.14. The van der Waals surface area contributed by atoms with Gasteiger partial charge >= 0.3 is 5.97 Å². The summed E-state index contributed by atoms with van der Waals surface area (Å²) in [6.45, 7) is 3.66. The van der Waals surface area contributed by atoms with Gasteiger partial charge in [-0.05, 0) is 91.9 Å². The number of carbonyl (C=O) groups is 2. The topological polar surface area (TPSA) is 85.3 Å². The molecule has 3 aromatic carbocycles. The molecule has 0 amide bonds. The SMILES string of the molecule is COc1cc(C(=O)COC(C)=O)ccc1OCCCN1CCC(C(O)(c2ccc(F)cc2)c2ccc(F)cc2)CC1. The summed E-state index contributed by atoms with van der Waals surface area (Å²) in [5.41, 5.74) is 0.175. The molecule has 9 heteroatoms. The second kappa shape index (κ2) is 13.7. The van der Waals surface area contributed by atoms with E-state index >= 15 is 0 Å². The van der Waals surface area contributed by atoms with E-state index in [0.717, 1.165) is 26.1 Å². The largest absolute Gasteiger partial charge is 0.493 e. The first-order valence-corrected chi connectivity index (χ1v) is 13.6. The van der Waals surface area contributed by atoms with Crippen molar-refractivity contribution in [2.24, 2.45) is 5.92 Å². The second-order valence-corrected chi connectivity index (χ2v) is 10.2. The van der Waals surface area contributed by atoms with E-state index < -0.39 is 11.6 Å². The number of esters is 1. The van der Waals surface area contributed by atoms with E-state index in [9.17, 15) is 23.5 Å². The van der Waals surface area contributed by atoms with Crippen LogP contribution in [0.5, 0.6) is 11.5 Å². The van der Waals surface area contributed by atoms with Gasteiger partial charge in [-0.25, -0.2) is 8.78 Å². The molecule has 1 aliphatic rings. The van der Waals surface area contributed by atoms with Crippen LogP contribution in [0.15, 0.2) is 66.7 Å². The van der Waals surface area contributed by atoms with Crippen molar-refractivity contribution in [3.8, 4) is 11.5 Å². The molecule has 1 aliphatic heterocycles. The Hall–Kier alpha value is -3.82. The van der Waals surface area contributed by atoms with Gasteiger partial charge in [0.2, 0.25) is 0 Å². The Morgan fingerprint density at radius 1 is 0.927 bits per heavy atom. The van der Waals surface area contributed by atoms with Gasteiger partial charge in [0.25, 0.3) is 0 Å². The summed E-state index contributed by atoms with van der Waals surface area (Å²) in [5, 5.41) is 12.0. The highest BCUT2D eigenvalue weighted by atomic mass is 19.1. The Bertz CT molecular complexity index is 1280. The maximum absolute atomic E-state index is 13.6. The average molecular weight is 568 g/mol. The van der Waals surface area contributed by atoms with Crippen molar-refractivity contribution in [2.45, 2.75) is 31.8 Å². The molecule has 7 nitrogen and oxygen atoms in total. The standard InChI is InChI=1S/C32H35F2NO6/c1-22(36)41-21-29(37)23-4-13-30(31(20-23)39-2)40-19-3-16-35-17-14-26(15-18-35)32(38,24-5-9-27(33)10-6-24)25-7-11-28(34)12-8-25/h4-13,20,26,38H,3,14-19,21H2,1-2H3. The third-order valence-electron chi connectivity index (χ3n) is 7.52. The van der Waals surface area contributed by atoms with Crippen LogP contribution in [0.4, 0.5) is 8.78 Å². The zero-order valence-electron chi connectivity index (χ0n) is 23.3. The predicted molar refractivity (Wildman–Crippen MR) is 149 cm³/mol. The van der Waals surface area contributed by atoms with Gasteiger partial charge in [-0.2, -0.15) is 0 Å². The summed E-state index contributed by atoms with van der Waals surface area (Å²) in [6.07, 6.45) is 2.17. The molecule has 3 aromatic rings. The first kappa shape index (κ1) is 30.1. The van der Waals surface area contributed by atoms with Gasteiger partial charge in [0.05, 0.1) is 13.7 Å². The lowest BCUT2D eigenvalue weighted by Gasteiger charge is -2.42. The number of Topliss-reactive ketones (excluding diaryl/α,β-unsaturated/α-hetero) is 1. The van der Waals surface area contributed by atoms with E-state index in [1.54, 1.807) is 42.5 Å². The highest BCUT2D eigenvalue weighted by molar-refractivity contribution is 5.98. The minimum atomic E-state index is -1.36. The van der Waals surface area contributed by atoms with Gasteiger partial charge in [0, 0.05) is 19.0 Å². The Labute approximate surface area is 238 Å². The van der Waals surface area contributed by atoms with E-state index in [2.05, 4.69) is 4.90 Å². The van der Waals surface area contributed by atoms with Gasteiger partial charge in [0.1, 0.15) is 17.2 Å². The molecule has 0 atom stereocenters. The molecule has 0 bridgehead atoms.